The van der Waals surface area contributed by atoms with Gasteiger partial charge < -0.3 is 0 Å². The van der Waals surface area contributed by atoms with Crippen LogP contribution in [0.2, 0.25) is 0 Å². The van der Waals surface area contributed by atoms with Gasteiger partial charge in [-0.15, -0.1) is 0 Å². The Bertz CT molecular complexity index is 328. The molecule has 0 aliphatic rings. The van der Waals surface area contributed by atoms with Crippen LogP contribution in [0.1, 0.15) is 30.9 Å². The summed E-state index contributed by atoms with van der Waals surface area (Å²) in [5.74, 6) is 6.66. The molecule has 0 aromatic heterocycles. The van der Waals surface area contributed by atoms with Crippen molar-refractivity contribution in [1.29, 1.82) is 0 Å². The molecule has 0 unspecified atom stereocenters. The summed E-state index contributed by atoms with van der Waals surface area (Å²) in [6.45, 7) is 4.38. The first kappa shape index (κ1) is 10.3. The van der Waals surface area contributed by atoms with E-state index < -0.39 is 0 Å². The monoisotopic (exact) mass is 236 g/mol. The van der Waals surface area contributed by atoms with Crippen LogP contribution in [-0.4, -0.2) is 5.33 Å². The normalized spacial score (nSPS) is 9.54. The average molecular weight is 237 g/mol. The van der Waals surface area contributed by atoms with Crippen LogP contribution in [0.5, 0.6) is 0 Å². The molecule has 1 heteroatoms. The van der Waals surface area contributed by atoms with Gasteiger partial charge in [-0.2, -0.15) is 0 Å². The van der Waals surface area contributed by atoms with Crippen molar-refractivity contribution in [2.45, 2.75) is 19.8 Å². The predicted octanol–water partition coefficient (Wildman–Crippen LogP) is 3.56. The van der Waals surface area contributed by atoms with Crippen LogP contribution in [-0.2, 0) is 0 Å². The van der Waals surface area contributed by atoms with Crippen molar-refractivity contribution in [2.24, 2.45) is 0 Å². The Labute approximate surface area is 88.5 Å². The third kappa shape index (κ3) is 3.24. The number of hydrogen-bond acceptors (Lipinski definition) is 0. The lowest BCUT2D eigenvalue weighted by atomic mass is 10.0. The van der Waals surface area contributed by atoms with Crippen molar-refractivity contribution in [1.82, 2.24) is 0 Å². The van der Waals surface area contributed by atoms with E-state index >= 15 is 0 Å². The van der Waals surface area contributed by atoms with E-state index in [1.54, 1.807) is 0 Å². The summed E-state index contributed by atoms with van der Waals surface area (Å²) >= 11 is 3.28. The van der Waals surface area contributed by atoms with E-state index in [2.05, 4.69) is 59.8 Å². The number of hydrogen-bond donors (Lipinski definition) is 0. The number of rotatable bonds is 1. The fourth-order valence-corrected chi connectivity index (χ4v) is 1.25. The van der Waals surface area contributed by atoms with Crippen molar-refractivity contribution in [2.75, 3.05) is 5.33 Å². The molecule has 0 amide bonds. The molecular weight excluding hydrogens is 224 g/mol. The summed E-state index contributed by atoms with van der Waals surface area (Å²) in [7, 11) is 0. The standard InChI is InChI=1S/C12H13Br/c1-10(2)12-7-3-5-11(9-12)6-4-8-13/h3,5,7,9-10H,8H2,1-2H3. The van der Waals surface area contributed by atoms with Gasteiger partial charge in [-0.25, -0.2) is 0 Å². The Kier molecular flexibility index (Phi) is 4.05. The van der Waals surface area contributed by atoms with E-state index in [0.717, 1.165) is 10.9 Å². The van der Waals surface area contributed by atoms with Gasteiger partial charge >= 0.3 is 0 Å². The molecule has 0 N–H and O–H groups in total. The van der Waals surface area contributed by atoms with Gasteiger partial charge in [0, 0.05) is 5.56 Å². The van der Waals surface area contributed by atoms with Gasteiger partial charge in [0.15, 0.2) is 0 Å². The van der Waals surface area contributed by atoms with Gasteiger partial charge in [0.2, 0.25) is 0 Å². The minimum Gasteiger partial charge on any atom is -0.0863 e. The fourth-order valence-electron chi connectivity index (χ4n) is 1.11. The molecular formula is C12H13Br. The Morgan fingerprint density at radius 1 is 1.38 bits per heavy atom. The first-order chi connectivity index (χ1) is 6.24. The van der Waals surface area contributed by atoms with Gasteiger partial charge in [-0.3, -0.25) is 0 Å². The third-order valence-corrected chi connectivity index (χ3v) is 2.13. The second kappa shape index (κ2) is 5.09. The SMILES string of the molecule is CC(C)c1cccc(C#CCBr)c1. The maximum atomic E-state index is 3.28. The Morgan fingerprint density at radius 2 is 2.15 bits per heavy atom. The van der Waals surface area contributed by atoms with Crippen LogP contribution in [0, 0.1) is 11.8 Å². The molecule has 13 heavy (non-hydrogen) atoms. The van der Waals surface area contributed by atoms with Gasteiger partial charge in [-0.1, -0.05) is 53.8 Å². The Hall–Kier alpha value is -0.740. The number of alkyl halides is 1. The highest BCUT2D eigenvalue weighted by Gasteiger charge is 1.97. The topological polar surface area (TPSA) is 0 Å². The molecule has 68 valence electrons. The highest BCUT2D eigenvalue weighted by Crippen LogP contribution is 2.14. The summed E-state index contributed by atoms with van der Waals surface area (Å²) in [4.78, 5) is 0. The second-order valence-electron chi connectivity index (χ2n) is 3.22. The lowest BCUT2D eigenvalue weighted by Gasteiger charge is -2.04. The van der Waals surface area contributed by atoms with Gasteiger partial charge in [0.1, 0.15) is 0 Å². The second-order valence-corrected chi connectivity index (χ2v) is 3.78. The molecule has 0 radical (unpaired) electrons. The molecule has 0 aliphatic carbocycles. The summed E-state index contributed by atoms with van der Waals surface area (Å²) < 4.78 is 0. The summed E-state index contributed by atoms with van der Waals surface area (Å²) in [6, 6.07) is 8.40. The lowest BCUT2D eigenvalue weighted by Crippen LogP contribution is -1.87. The summed E-state index contributed by atoms with van der Waals surface area (Å²) in [6.07, 6.45) is 0. The van der Waals surface area contributed by atoms with Crippen LogP contribution < -0.4 is 0 Å². The zero-order chi connectivity index (χ0) is 9.68. The van der Waals surface area contributed by atoms with Crippen molar-refractivity contribution in [3.8, 4) is 11.8 Å². The van der Waals surface area contributed by atoms with E-state index in [1.165, 1.54) is 5.56 Å². The quantitative estimate of drug-likeness (QED) is 0.517. The smallest absolute Gasteiger partial charge is 0.0649 e. The third-order valence-electron chi connectivity index (χ3n) is 1.85. The zero-order valence-electron chi connectivity index (χ0n) is 7.97. The highest BCUT2D eigenvalue weighted by molar-refractivity contribution is 9.09. The van der Waals surface area contributed by atoms with E-state index in [4.69, 9.17) is 0 Å². The molecule has 0 spiro atoms. The van der Waals surface area contributed by atoms with Crippen LogP contribution in [0.3, 0.4) is 0 Å². The highest BCUT2D eigenvalue weighted by atomic mass is 79.9. The molecule has 0 nitrogen and oxygen atoms in total. The van der Waals surface area contributed by atoms with Crippen LogP contribution in [0.25, 0.3) is 0 Å². The molecule has 0 saturated heterocycles. The summed E-state index contributed by atoms with van der Waals surface area (Å²) in [5.41, 5.74) is 2.45. The molecule has 0 fully saturated rings. The average Bonchev–Trinajstić information content (AvgIpc) is 2.15. The zero-order valence-corrected chi connectivity index (χ0v) is 9.56. The van der Waals surface area contributed by atoms with Crippen LogP contribution in [0.15, 0.2) is 24.3 Å². The predicted molar refractivity (Wildman–Crippen MR) is 61.2 cm³/mol. The first-order valence-electron chi connectivity index (χ1n) is 4.39. The molecule has 1 aromatic carbocycles. The molecule has 0 saturated carbocycles. The molecule has 0 atom stereocenters. The fraction of sp³-hybridized carbons (Fsp3) is 0.333. The molecule has 0 bridgehead atoms. The molecule has 1 aromatic rings. The van der Waals surface area contributed by atoms with E-state index in [9.17, 15) is 0 Å². The van der Waals surface area contributed by atoms with Crippen LogP contribution in [0.4, 0.5) is 0 Å². The Morgan fingerprint density at radius 3 is 2.77 bits per heavy atom. The first-order valence-corrected chi connectivity index (χ1v) is 5.51. The lowest BCUT2D eigenvalue weighted by molar-refractivity contribution is 0.866. The van der Waals surface area contributed by atoms with Gasteiger partial charge in [0.25, 0.3) is 0 Å². The number of benzene rings is 1. The van der Waals surface area contributed by atoms with Crippen molar-refractivity contribution < 1.29 is 0 Å². The maximum Gasteiger partial charge on any atom is 0.0649 e. The van der Waals surface area contributed by atoms with E-state index in [1.807, 2.05) is 6.07 Å². The number of halogens is 1. The maximum absolute atomic E-state index is 3.28. The largest absolute Gasteiger partial charge is 0.0863 e. The van der Waals surface area contributed by atoms with E-state index in [0.29, 0.717) is 5.92 Å². The summed E-state index contributed by atoms with van der Waals surface area (Å²) in [5, 5.41) is 0.735. The van der Waals surface area contributed by atoms with Crippen LogP contribution >= 0.6 is 15.9 Å². The van der Waals surface area contributed by atoms with Crippen molar-refractivity contribution in [3.05, 3.63) is 35.4 Å². The molecule has 0 aliphatic heterocycles. The van der Waals surface area contributed by atoms with Gasteiger partial charge in [-0.05, 0) is 23.6 Å². The van der Waals surface area contributed by atoms with Crippen molar-refractivity contribution in [3.63, 3.8) is 0 Å². The van der Waals surface area contributed by atoms with E-state index in [-0.39, 0.29) is 0 Å². The Balaban J connectivity index is 2.92. The molecule has 1 rings (SSSR count). The minimum absolute atomic E-state index is 0.575. The minimum atomic E-state index is 0.575. The van der Waals surface area contributed by atoms with Gasteiger partial charge in [0.05, 0.1) is 5.33 Å². The van der Waals surface area contributed by atoms with Crippen molar-refractivity contribution >= 4 is 15.9 Å². The molecule has 0 heterocycles.